The van der Waals surface area contributed by atoms with Crippen molar-refractivity contribution in [1.82, 2.24) is 19.6 Å². The van der Waals surface area contributed by atoms with Crippen molar-refractivity contribution in [1.29, 1.82) is 0 Å². The van der Waals surface area contributed by atoms with Gasteiger partial charge in [0.15, 0.2) is 11.5 Å². The molecular weight excluding hydrogens is 371 g/mol. The number of aromatic nitrogens is 4. The van der Waals surface area contributed by atoms with Gasteiger partial charge in [-0.3, -0.25) is 0 Å². The zero-order chi connectivity index (χ0) is 19.6. The molecule has 0 atom stereocenters. The average Bonchev–Trinajstić information content (AvgIpc) is 3.26. The van der Waals surface area contributed by atoms with E-state index in [1.807, 2.05) is 12.1 Å². The summed E-state index contributed by atoms with van der Waals surface area (Å²) in [5.41, 5.74) is 3.55. The summed E-state index contributed by atoms with van der Waals surface area (Å²) in [5.74, 6) is 0.229. The van der Waals surface area contributed by atoms with Crippen molar-refractivity contribution in [3.63, 3.8) is 0 Å². The van der Waals surface area contributed by atoms with Crippen LogP contribution < -0.4 is 10.2 Å². The Hall–Kier alpha value is -3.52. The van der Waals surface area contributed by atoms with Crippen LogP contribution >= 0.6 is 0 Å². The summed E-state index contributed by atoms with van der Waals surface area (Å²) >= 11 is 0. The molecule has 7 nitrogen and oxygen atoms in total. The van der Waals surface area contributed by atoms with Crippen molar-refractivity contribution in [3.8, 4) is 11.3 Å². The summed E-state index contributed by atoms with van der Waals surface area (Å²) < 4.78 is 21.2. The fourth-order valence-corrected chi connectivity index (χ4v) is 3.47. The van der Waals surface area contributed by atoms with Gasteiger partial charge in [0.2, 0.25) is 0 Å². The maximum atomic E-state index is 14.2. The molecule has 146 valence electrons. The number of benzene rings is 2. The van der Waals surface area contributed by atoms with Gasteiger partial charge in [0.1, 0.15) is 12.1 Å². The van der Waals surface area contributed by atoms with Gasteiger partial charge < -0.3 is 15.0 Å². The highest BCUT2D eigenvalue weighted by Crippen LogP contribution is 2.27. The van der Waals surface area contributed by atoms with E-state index in [0.29, 0.717) is 22.7 Å². The van der Waals surface area contributed by atoms with E-state index in [2.05, 4.69) is 37.4 Å². The fraction of sp³-hybridized carbons (Fsp3) is 0.190. The molecule has 5 rings (SSSR count). The predicted molar refractivity (Wildman–Crippen MR) is 109 cm³/mol. The molecule has 0 spiro atoms. The molecule has 2 aromatic heterocycles. The maximum absolute atomic E-state index is 14.2. The molecule has 0 bridgehead atoms. The minimum absolute atomic E-state index is 0.328. The van der Waals surface area contributed by atoms with Gasteiger partial charge in [-0.1, -0.05) is 12.1 Å². The number of anilines is 3. The lowest BCUT2D eigenvalue weighted by Crippen LogP contribution is -2.36. The third kappa shape index (κ3) is 3.38. The van der Waals surface area contributed by atoms with Crippen LogP contribution in [0.15, 0.2) is 61.1 Å². The van der Waals surface area contributed by atoms with E-state index < -0.39 is 0 Å². The molecule has 1 saturated heterocycles. The molecule has 1 aliphatic heterocycles. The van der Waals surface area contributed by atoms with Gasteiger partial charge in [-0.25, -0.2) is 18.9 Å². The summed E-state index contributed by atoms with van der Waals surface area (Å²) in [6, 6.07) is 14.7. The Bertz CT molecular complexity index is 1140. The van der Waals surface area contributed by atoms with Crippen LogP contribution in [0.3, 0.4) is 0 Å². The molecule has 29 heavy (non-hydrogen) atoms. The molecule has 1 fully saturated rings. The largest absolute Gasteiger partial charge is 0.378 e. The van der Waals surface area contributed by atoms with Gasteiger partial charge in [-0.2, -0.15) is 5.10 Å². The van der Waals surface area contributed by atoms with E-state index in [-0.39, 0.29) is 5.82 Å². The second kappa shape index (κ2) is 7.48. The van der Waals surface area contributed by atoms with E-state index in [0.717, 1.165) is 37.7 Å². The van der Waals surface area contributed by atoms with Crippen molar-refractivity contribution in [2.24, 2.45) is 0 Å². The summed E-state index contributed by atoms with van der Waals surface area (Å²) in [5, 5.41) is 7.54. The number of hydrogen-bond acceptors (Lipinski definition) is 6. The normalized spacial score (nSPS) is 14.3. The first kappa shape index (κ1) is 17.6. The number of hydrogen-bond donors (Lipinski definition) is 1. The molecule has 1 N–H and O–H groups in total. The molecule has 3 heterocycles. The van der Waals surface area contributed by atoms with Crippen LogP contribution in [-0.4, -0.2) is 45.9 Å². The van der Waals surface area contributed by atoms with Gasteiger partial charge in [0, 0.05) is 30.0 Å². The standard InChI is InChI=1S/C21H19FN6O/c22-18-4-2-1-3-17(18)19-13-23-20(21-24-14-25-28(19)21)26-15-5-7-16(8-6-15)27-9-11-29-12-10-27/h1-8,13-14H,9-12H2,(H,23,26). The Morgan fingerprint density at radius 1 is 0.966 bits per heavy atom. The topological polar surface area (TPSA) is 67.6 Å². The zero-order valence-corrected chi connectivity index (χ0v) is 15.6. The highest BCUT2D eigenvalue weighted by molar-refractivity contribution is 5.74. The zero-order valence-electron chi connectivity index (χ0n) is 15.6. The maximum Gasteiger partial charge on any atom is 0.199 e. The van der Waals surface area contributed by atoms with Crippen molar-refractivity contribution in [2.45, 2.75) is 0 Å². The second-order valence-electron chi connectivity index (χ2n) is 6.74. The Kier molecular flexibility index (Phi) is 4.53. The lowest BCUT2D eigenvalue weighted by molar-refractivity contribution is 0.122. The number of morpholine rings is 1. The van der Waals surface area contributed by atoms with Crippen molar-refractivity contribution in [2.75, 3.05) is 36.5 Å². The van der Waals surface area contributed by atoms with Gasteiger partial charge in [0.25, 0.3) is 0 Å². The van der Waals surface area contributed by atoms with Crippen LogP contribution in [0.5, 0.6) is 0 Å². The summed E-state index contributed by atoms with van der Waals surface area (Å²) in [7, 11) is 0. The minimum Gasteiger partial charge on any atom is -0.378 e. The fourth-order valence-electron chi connectivity index (χ4n) is 3.47. The molecule has 0 saturated carbocycles. The van der Waals surface area contributed by atoms with Crippen molar-refractivity contribution < 1.29 is 9.13 Å². The third-order valence-electron chi connectivity index (χ3n) is 4.96. The average molecular weight is 390 g/mol. The Morgan fingerprint density at radius 3 is 2.55 bits per heavy atom. The molecule has 0 amide bonds. The van der Waals surface area contributed by atoms with E-state index >= 15 is 0 Å². The molecule has 0 unspecified atom stereocenters. The molecule has 2 aromatic carbocycles. The molecule has 0 aliphatic carbocycles. The van der Waals surface area contributed by atoms with Gasteiger partial charge in [-0.05, 0) is 36.4 Å². The van der Waals surface area contributed by atoms with E-state index in [1.54, 1.807) is 28.9 Å². The number of rotatable bonds is 4. The van der Waals surface area contributed by atoms with Crippen molar-refractivity contribution >= 4 is 22.8 Å². The second-order valence-corrected chi connectivity index (χ2v) is 6.74. The van der Waals surface area contributed by atoms with E-state index in [1.165, 1.54) is 12.4 Å². The third-order valence-corrected chi connectivity index (χ3v) is 4.96. The Morgan fingerprint density at radius 2 is 1.76 bits per heavy atom. The van der Waals surface area contributed by atoms with Gasteiger partial charge in [-0.15, -0.1) is 0 Å². The van der Waals surface area contributed by atoms with Crippen LogP contribution in [-0.2, 0) is 4.74 Å². The molecule has 4 aromatic rings. The van der Waals surface area contributed by atoms with Crippen LogP contribution in [0.4, 0.5) is 21.6 Å². The molecule has 8 heteroatoms. The van der Waals surface area contributed by atoms with Crippen LogP contribution in [0.2, 0.25) is 0 Å². The SMILES string of the molecule is Fc1ccccc1-c1cnc(Nc2ccc(N3CCOCC3)cc2)c2ncnn12. The van der Waals surface area contributed by atoms with Gasteiger partial charge in [0.05, 0.1) is 25.1 Å². The Labute approximate surface area is 166 Å². The van der Waals surface area contributed by atoms with Crippen LogP contribution in [0, 0.1) is 5.82 Å². The quantitative estimate of drug-likeness (QED) is 0.575. The summed E-state index contributed by atoms with van der Waals surface area (Å²) in [6.45, 7) is 3.30. The summed E-state index contributed by atoms with van der Waals surface area (Å²) in [6.07, 6.45) is 3.04. The van der Waals surface area contributed by atoms with E-state index in [4.69, 9.17) is 4.74 Å². The number of nitrogens with zero attached hydrogens (tertiary/aromatic N) is 5. The number of halogens is 1. The van der Waals surface area contributed by atoms with Crippen LogP contribution in [0.25, 0.3) is 16.9 Å². The number of ether oxygens (including phenoxy) is 1. The lowest BCUT2D eigenvalue weighted by Gasteiger charge is -2.28. The van der Waals surface area contributed by atoms with Crippen LogP contribution in [0.1, 0.15) is 0 Å². The molecule has 0 radical (unpaired) electrons. The number of nitrogens with one attached hydrogen (secondary N) is 1. The lowest BCUT2D eigenvalue weighted by atomic mass is 10.1. The first-order chi connectivity index (χ1) is 14.3. The number of fused-ring (bicyclic) bond motifs is 1. The highest BCUT2D eigenvalue weighted by Gasteiger charge is 2.15. The monoisotopic (exact) mass is 390 g/mol. The minimum atomic E-state index is -0.328. The first-order valence-corrected chi connectivity index (χ1v) is 9.43. The molecular formula is C21H19FN6O. The van der Waals surface area contributed by atoms with Gasteiger partial charge >= 0.3 is 0 Å². The van der Waals surface area contributed by atoms with Crippen molar-refractivity contribution in [3.05, 3.63) is 66.9 Å². The van der Waals surface area contributed by atoms with E-state index in [9.17, 15) is 4.39 Å². The predicted octanol–water partition coefficient (Wildman–Crippen LogP) is 3.51. The molecule has 1 aliphatic rings. The Balaban J connectivity index is 1.44. The first-order valence-electron chi connectivity index (χ1n) is 9.43. The summed E-state index contributed by atoms with van der Waals surface area (Å²) in [4.78, 5) is 11.1. The highest BCUT2D eigenvalue weighted by atomic mass is 19.1. The smallest absolute Gasteiger partial charge is 0.199 e.